The highest BCUT2D eigenvalue weighted by atomic mass is 79.9. The number of aliphatic hydroxyl groups is 4. The van der Waals surface area contributed by atoms with Crippen LogP contribution in [0.5, 0.6) is 0 Å². The molecule has 0 aromatic heterocycles. The van der Waals surface area contributed by atoms with Crippen molar-refractivity contribution in [2.75, 3.05) is 6.61 Å². The Balaban J connectivity index is 2.63. The number of hydrogen-bond acceptors (Lipinski definition) is 5. The van der Waals surface area contributed by atoms with E-state index in [-0.39, 0.29) is 0 Å². The highest BCUT2D eigenvalue weighted by Crippen LogP contribution is 2.24. The predicted molar refractivity (Wildman–Crippen MR) is 42.7 cm³/mol. The van der Waals surface area contributed by atoms with Crippen molar-refractivity contribution in [1.82, 2.24) is 0 Å². The van der Waals surface area contributed by atoms with Gasteiger partial charge in [0.25, 0.3) is 0 Å². The summed E-state index contributed by atoms with van der Waals surface area (Å²) in [6.07, 6.45) is -4.45. The fourth-order valence-corrected chi connectivity index (χ4v) is 1.50. The minimum absolute atomic E-state index is 0.436. The third-order valence-corrected chi connectivity index (χ3v) is 2.82. The molecule has 0 spiro atoms. The molecular weight excluding hydrogens is 232 g/mol. The molecule has 5 atom stereocenters. The number of aliphatic hydroxyl groups excluding tert-OH is 4. The second-order valence-corrected chi connectivity index (χ2v) is 3.73. The van der Waals surface area contributed by atoms with Crippen LogP contribution in [0.15, 0.2) is 0 Å². The van der Waals surface area contributed by atoms with E-state index in [9.17, 15) is 10.2 Å². The number of rotatable bonds is 1. The van der Waals surface area contributed by atoms with Gasteiger partial charge in [-0.1, -0.05) is 15.9 Å². The standard InChI is InChI=1S/C6H11BrO5/c7-3-5(10)4(9)2(1-8)12-6(3)11/h2-6,8-11H,1H2. The zero-order chi connectivity index (χ0) is 9.30. The van der Waals surface area contributed by atoms with Gasteiger partial charge in [0, 0.05) is 0 Å². The van der Waals surface area contributed by atoms with Crippen molar-refractivity contribution < 1.29 is 25.2 Å². The van der Waals surface area contributed by atoms with Crippen LogP contribution in [0.2, 0.25) is 0 Å². The van der Waals surface area contributed by atoms with Crippen LogP contribution in [0.1, 0.15) is 0 Å². The highest BCUT2D eigenvalue weighted by molar-refractivity contribution is 9.09. The number of halogens is 1. The summed E-state index contributed by atoms with van der Waals surface area (Å²) < 4.78 is 4.78. The molecule has 1 rings (SSSR count). The van der Waals surface area contributed by atoms with E-state index in [1.165, 1.54) is 0 Å². The van der Waals surface area contributed by atoms with Gasteiger partial charge in [0.2, 0.25) is 0 Å². The van der Waals surface area contributed by atoms with E-state index >= 15 is 0 Å². The minimum Gasteiger partial charge on any atom is -0.394 e. The molecule has 5 nitrogen and oxygen atoms in total. The predicted octanol–water partition coefficient (Wildman–Crippen LogP) is -1.82. The zero-order valence-electron chi connectivity index (χ0n) is 6.17. The molecule has 0 aromatic rings. The lowest BCUT2D eigenvalue weighted by Gasteiger charge is -2.37. The monoisotopic (exact) mass is 242 g/mol. The fourth-order valence-electron chi connectivity index (χ4n) is 1.06. The number of alkyl halides is 1. The zero-order valence-corrected chi connectivity index (χ0v) is 7.75. The van der Waals surface area contributed by atoms with E-state index in [4.69, 9.17) is 14.9 Å². The lowest BCUT2D eigenvalue weighted by Crippen LogP contribution is -2.56. The van der Waals surface area contributed by atoms with Crippen LogP contribution in [-0.4, -0.2) is 56.5 Å². The molecule has 5 unspecified atom stereocenters. The van der Waals surface area contributed by atoms with Crippen molar-refractivity contribution in [2.24, 2.45) is 0 Å². The van der Waals surface area contributed by atoms with Crippen LogP contribution < -0.4 is 0 Å². The fraction of sp³-hybridized carbons (Fsp3) is 1.00. The summed E-state index contributed by atoms with van der Waals surface area (Å²) in [5.74, 6) is 0. The van der Waals surface area contributed by atoms with E-state index in [0.29, 0.717) is 0 Å². The summed E-state index contributed by atoms with van der Waals surface area (Å²) in [5.41, 5.74) is 0. The Hall–Kier alpha value is 0.280. The Labute approximate surface area is 77.7 Å². The Morgan fingerprint density at radius 3 is 2.25 bits per heavy atom. The molecule has 0 aromatic carbocycles. The maximum Gasteiger partial charge on any atom is 0.170 e. The van der Waals surface area contributed by atoms with Crippen molar-refractivity contribution in [3.63, 3.8) is 0 Å². The summed E-state index contributed by atoms with van der Waals surface area (Å²) in [5, 5.41) is 36.3. The van der Waals surface area contributed by atoms with Crippen molar-refractivity contribution in [1.29, 1.82) is 0 Å². The van der Waals surface area contributed by atoms with E-state index in [0.717, 1.165) is 0 Å². The number of hydrogen-bond donors (Lipinski definition) is 4. The van der Waals surface area contributed by atoms with Gasteiger partial charge in [-0.05, 0) is 0 Å². The van der Waals surface area contributed by atoms with Gasteiger partial charge in [0.1, 0.15) is 12.2 Å². The highest BCUT2D eigenvalue weighted by Gasteiger charge is 2.42. The van der Waals surface area contributed by atoms with Gasteiger partial charge in [-0.15, -0.1) is 0 Å². The molecule has 0 aliphatic carbocycles. The third-order valence-electron chi connectivity index (χ3n) is 1.82. The van der Waals surface area contributed by atoms with Crippen LogP contribution in [0.4, 0.5) is 0 Å². The maximum absolute atomic E-state index is 9.27. The largest absolute Gasteiger partial charge is 0.394 e. The Bertz CT molecular complexity index is 150. The molecule has 0 bridgehead atoms. The Morgan fingerprint density at radius 1 is 1.17 bits per heavy atom. The molecule has 0 amide bonds. The van der Waals surface area contributed by atoms with Gasteiger partial charge in [-0.25, -0.2) is 0 Å². The summed E-state index contributed by atoms with van der Waals surface area (Å²) in [7, 11) is 0. The topological polar surface area (TPSA) is 90.2 Å². The second-order valence-electron chi connectivity index (χ2n) is 2.67. The van der Waals surface area contributed by atoms with E-state index in [2.05, 4.69) is 15.9 Å². The molecule has 72 valence electrons. The van der Waals surface area contributed by atoms with Crippen molar-refractivity contribution in [3.05, 3.63) is 0 Å². The van der Waals surface area contributed by atoms with E-state index in [1.54, 1.807) is 0 Å². The SMILES string of the molecule is OCC1OC(O)C(Br)C(O)C1O. The summed E-state index contributed by atoms with van der Waals surface area (Å²) in [6, 6.07) is 0. The van der Waals surface area contributed by atoms with Crippen molar-refractivity contribution in [3.8, 4) is 0 Å². The van der Waals surface area contributed by atoms with Crippen LogP contribution >= 0.6 is 15.9 Å². The average molecular weight is 243 g/mol. The van der Waals surface area contributed by atoms with Gasteiger partial charge in [0.05, 0.1) is 17.5 Å². The first kappa shape index (κ1) is 10.4. The molecule has 0 saturated carbocycles. The smallest absolute Gasteiger partial charge is 0.170 e. The summed E-state index contributed by atoms with van der Waals surface area (Å²) >= 11 is 2.95. The van der Waals surface area contributed by atoms with Gasteiger partial charge in [-0.3, -0.25) is 0 Å². The van der Waals surface area contributed by atoms with Gasteiger partial charge >= 0.3 is 0 Å². The molecule has 1 aliphatic rings. The lowest BCUT2D eigenvalue weighted by atomic mass is 10.0. The average Bonchev–Trinajstić information content (AvgIpc) is 2.08. The van der Waals surface area contributed by atoms with Gasteiger partial charge in [-0.2, -0.15) is 0 Å². The lowest BCUT2D eigenvalue weighted by molar-refractivity contribution is -0.233. The van der Waals surface area contributed by atoms with Gasteiger partial charge in [0.15, 0.2) is 6.29 Å². The second kappa shape index (κ2) is 3.99. The molecule has 12 heavy (non-hydrogen) atoms. The summed E-state index contributed by atoms with van der Waals surface area (Å²) in [6.45, 7) is -0.436. The first-order valence-electron chi connectivity index (χ1n) is 3.52. The Morgan fingerprint density at radius 2 is 1.75 bits per heavy atom. The first-order valence-corrected chi connectivity index (χ1v) is 4.44. The molecule has 0 radical (unpaired) electrons. The molecule has 1 fully saturated rings. The molecular formula is C6H11BrO5. The summed E-state index contributed by atoms with van der Waals surface area (Å²) in [4.78, 5) is -0.727. The first-order chi connectivity index (χ1) is 5.57. The minimum atomic E-state index is -1.21. The number of ether oxygens (including phenoxy) is 1. The third kappa shape index (κ3) is 1.78. The van der Waals surface area contributed by atoms with Crippen LogP contribution in [0.25, 0.3) is 0 Å². The molecule has 1 saturated heterocycles. The van der Waals surface area contributed by atoms with Crippen molar-refractivity contribution in [2.45, 2.75) is 29.4 Å². The van der Waals surface area contributed by atoms with E-state index < -0.39 is 36.0 Å². The molecule has 4 N–H and O–H groups in total. The van der Waals surface area contributed by atoms with E-state index in [1.807, 2.05) is 0 Å². The van der Waals surface area contributed by atoms with Crippen molar-refractivity contribution >= 4 is 15.9 Å². The quantitative estimate of drug-likeness (QED) is 0.407. The van der Waals surface area contributed by atoms with Crippen LogP contribution in [0.3, 0.4) is 0 Å². The molecule has 6 heteroatoms. The van der Waals surface area contributed by atoms with Crippen LogP contribution in [-0.2, 0) is 4.74 Å². The molecule has 1 aliphatic heterocycles. The normalized spacial score (nSPS) is 49.2. The molecule has 1 heterocycles. The van der Waals surface area contributed by atoms with Crippen LogP contribution in [0, 0.1) is 0 Å². The maximum atomic E-state index is 9.27. The van der Waals surface area contributed by atoms with Gasteiger partial charge < -0.3 is 25.2 Å². The Kier molecular flexibility index (Phi) is 3.45.